The van der Waals surface area contributed by atoms with Crippen LogP contribution in [0.3, 0.4) is 0 Å². The van der Waals surface area contributed by atoms with Crippen LogP contribution < -0.4 is 11.1 Å². The molecule has 0 amide bonds. The maximum atomic E-state index is 5.60. The predicted octanol–water partition coefficient (Wildman–Crippen LogP) is 2.39. The molecule has 0 spiro atoms. The monoisotopic (exact) mass is 261 g/mol. The molecule has 0 bridgehead atoms. The lowest BCUT2D eigenvalue weighted by molar-refractivity contribution is 0.194. The minimum atomic E-state index is 0.783. The fourth-order valence-corrected chi connectivity index (χ4v) is 2.71. The summed E-state index contributed by atoms with van der Waals surface area (Å²) in [6.45, 7) is 9.67. The minimum absolute atomic E-state index is 0.783. The third-order valence-corrected chi connectivity index (χ3v) is 4.25. The van der Waals surface area contributed by atoms with Crippen LogP contribution >= 0.6 is 0 Å². The van der Waals surface area contributed by atoms with E-state index in [-0.39, 0.29) is 0 Å². The highest BCUT2D eigenvalue weighted by molar-refractivity contribution is 5.48. The highest BCUT2D eigenvalue weighted by atomic mass is 15.1. The summed E-state index contributed by atoms with van der Waals surface area (Å²) in [5.41, 5.74) is 9.58. The molecule has 3 N–H and O–H groups in total. The van der Waals surface area contributed by atoms with Gasteiger partial charge in [-0.15, -0.1) is 0 Å². The summed E-state index contributed by atoms with van der Waals surface area (Å²) in [6.07, 6.45) is 2.58. The average Bonchev–Trinajstić information content (AvgIpc) is 2.42. The lowest BCUT2D eigenvalue weighted by Gasteiger charge is -2.31. The first kappa shape index (κ1) is 14.4. The van der Waals surface area contributed by atoms with Gasteiger partial charge in [0.2, 0.25) is 0 Å². The number of piperidine rings is 1. The van der Waals surface area contributed by atoms with Crippen molar-refractivity contribution in [2.24, 2.45) is 11.7 Å². The third kappa shape index (κ3) is 4.22. The molecule has 1 heterocycles. The number of hydrogen-bond donors (Lipinski definition) is 2. The molecule has 106 valence electrons. The molecule has 1 saturated heterocycles. The van der Waals surface area contributed by atoms with E-state index in [0.29, 0.717) is 0 Å². The summed E-state index contributed by atoms with van der Waals surface area (Å²) >= 11 is 0. The van der Waals surface area contributed by atoms with Gasteiger partial charge in [-0.2, -0.15) is 0 Å². The number of anilines is 1. The number of nitrogens with zero attached hydrogens (tertiary/aromatic N) is 1. The van der Waals surface area contributed by atoms with Gasteiger partial charge in [0.1, 0.15) is 0 Å². The molecular formula is C16H27N3. The molecule has 0 aliphatic carbocycles. The summed E-state index contributed by atoms with van der Waals surface area (Å²) in [4.78, 5) is 2.48. The van der Waals surface area contributed by atoms with E-state index in [1.54, 1.807) is 0 Å². The van der Waals surface area contributed by atoms with E-state index in [1.807, 2.05) is 0 Å². The van der Waals surface area contributed by atoms with Gasteiger partial charge in [0, 0.05) is 25.3 Å². The number of benzene rings is 1. The van der Waals surface area contributed by atoms with Gasteiger partial charge in [-0.3, -0.25) is 0 Å². The van der Waals surface area contributed by atoms with E-state index in [1.165, 1.54) is 42.7 Å². The normalized spacial score (nSPS) is 17.6. The largest absolute Gasteiger partial charge is 0.385 e. The Morgan fingerprint density at radius 2 is 1.95 bits per heavy atom. The van der Waals surface area contributed by atoms with Crippen molar-refractivity contribution in [2.75, 3.05) is 38.0 Å². The Labute approximate surface area is 117 Å². The highest BCUT2D eigenvalue weighted by Crippen LogP contribution is 2.19. The average molecular weight is 261 g/mol. The Bertz CT molecular complexity index is 395. The van der Waals surface area contributed by atoms with Crippen molar-refractivity contribution >= 4 is 5.69 Å². The van der Waals surface area contributed by atoms with Gasteiger partial charge < -0.3 is 16.0 Å². The van der Waals surface area contributed by atoms with E-state index in [0.717, 1.165) is 25.6 Å². The first-order valence-corrected chi connectivity index (χ1v) is 7.42. The Balaban J connectivity index is 1.75. The molecule has 0 unspecified atom stereocenters. The summed E-state index contributed by atoms with van der Waals surface area (Å²) in [5.74, 6) is 0.802. The van der Waals surface area contributed by atoms with E-state index < -0.39 is 0 Å². The van der Waals surface area contributed by atoms with Gasteiger partial charge >= 0.3 is 0 Å². The molecule has 0 atom stereocenters. The van der Waals surface area contributed by atoms with Gasteiger partial charge in [-0.25, -0.2) is 0 Å². The van der Waals surface area contributed by atoms with E-state index in [2.05, 4.69) is 42.3 Å². The number of rotatable bonds is 5. The maximum Gasteiger partial charge on any atom is 0.0343 e. The second-order valence-electron chi connectivity index (χ2n) is 5.75. The summed E-state index contributed by atoms with van der Waals surface area (Å²) in [5, 5.41) is 3.59. The van der Waals surface area contributed by atoms with Crippen LogP contribution in [0.15, 0.2) is 18.2 Å². The van der Waals surface area contributed by atoms with Gasteiger partial charge in [0.05, 0.1) is 0 Å². The van der Waals surface area contributed by atoms with Crippen molar-refractivity contribution in [2.45, 2.75) is 26.7 Å². The quantitative estimate of drug-likeness (QED) is 0.855. The zero-order valence-corrected chi connectivity index (χ0v) is 12.3. The molecule has 3 heteroatoms. The fraction of sp³-hybridized carbons (Fsp3) is 0.625. The Hall–Kier alpha value is -1.06. The van der Waals surface area contributed by atoms with Crippen molar-refractivity contribution in [3.63, 3.8) is 0 Å². The number of likely N-dealkylation sites (tertiary alicyclic amines) is 1. The molecule has 0 radical (unpaired) electrons. The fourth-order valence-electron chi connectivity index (χ4n) is 2.71. The van der Waals surface area contributed by atoms with Crippen LogP contribution in [-0.4, -0.2) is 37.6 Å². The minimum Gasteiger partial charge on any atom is -0.385 e. The van der Waals surface area contributed by atoms with E-state index in [9.17, 15) is 0 Å². The van der Waals surface area contributed by atoms with Crippen LogP contribution in [0.5, 0.6) is 0 Å². The van der Waals surface area contributed by atoms with Crippen LogP contribution in [0.2, 0.25) is 0 Å². The van der Waals surface area contributed by atoms with Crippen LogP contribution in [-0.2, 0) is 0 Å². The summed E-state index contributed by atoms with van der Waals surface area (Å²) in [7, 11) is 0. The highest BCUT2D eigenvalue weighted by Gasteiger charge is 2.18. The molecule has 0 saturated carbocycles. The lowest BCUT2D eigenvalue weighted by Crippen LogP contribution is -2.38. The van der Waals surface area contributed by atoms with E-state index >= 15 is 0 Å². The molecule has 1 aromatic carbocycles. The molecule has 1 fully saturated rings. The summed E-state index contributed by atoms with van der Waals surface area (Å²) in [6, 6.07) is 6.63. The van der Waals surface area contributed by atoms with Gasteiger partial charge in [-0.05, 0) is 69.0 Å². The molecule has 1 aromatic rings. The number of hydrogen-bond acceptors (Lipinski definition) is 3. The Kier molecular flexibility index (Phi) is 5.23. The molecule has 19 heavy (non-hydrogen) atoms. The number of aryl methyl sites for hydroxylation is 2. The van der Waals surface area contributed by atoms with E-state index in [4.69, 9.17) is 5.73 Å². The smallest absolute Gasteiger partial charge is 0.0343 e. The molecule has 2 rings (SSSR count). The molecule has 3 nitrogen and oxygen atoms in total. The second-order valence-corrected chi connectivity index (χ2v) is 5.75. The molecule has 1 aliphatic rings. The Morgan fingerprint density at radius 1 is 1.21 bits per heavy atom. The van der Waals surface area contributed by atoms with Crippen LogP contribution in [0, 0.1) is 19.8 Å². The van der Waals surface area contributed by atoms with Crippen LogP contribution in [0.1, 0.15) is 24.0 Å². The third-order valence-electron chi connectivity index (χ3n) is 4.25. The molecule has 0 aromatic heterocycles. The predicted molar refractivity (Wildman–Crippen MR) is 82.6 cm³/mol. The van der Waals surface area contributed by atoms with Crippen molar-refractivity contribution in [3.8, 4) is 0 Å². The van der Waals surface area contributed by atoms with Gasteiger partial charge in [0.15, 0.2) is 0 Å². The zero-order chi connectivity index (χ0) is 13.7. The Morgan fingerprint density at radius 3 is 2.58 bits per heavy atom. The molecular weight excluding hydrogens is 234 g/mol. The van der Waals surface area contributed by atoms with Crippen molar-refractivity contribution in [3.05, 3.63) is 29.3 Å². The maximum absolute atomic E-state index is 5.60. The summed E-state index contributed by atoms with van der Waals surface area (Å²) < 4.78 is 0. The SMILES string of the molecule is Cc1ccc(NCC2CCN(CCN)CC2)cc1C. The van der Waals surface area contributed by atoms with Crippen molar-refractivity contribution in [1.82, 2.24) is 4.90 Å². The van der Waals surface area contributed by atoms with Crippen LogP contribution in [0.25, 0.3) is 0 Å². The lowest BCUT2D eigenvalue weighted by atomic mass is 9.96. The number of nitrogens with two attached hydrogens (primary N) is 1. The van der Waals surface area contributed by atoms with Crippen LogP contribution in [0.4, 0.5) is 5.69 Å². The second kappa shape index (κ2) is 6.92. The van der Waals surface area contributed by atoms with Crippen molar-refractivity contribution in [1.29, 1.82) is 0 Å². The van der Waals surface area contributed by atoms with Gasteiger partial charge in [-0.1, -0.05) is 6.07 Å². The first-order valence-electron chi connectivity index (χ1n) is 7.42. The van der Waals surface area contributed by atoms with Gasteiger partial charge in [0.25, 0.3) is 0 Å². The standard InChI is InChI=1S/C16H27N3/c1-13-3-4-16(11-14(13)2)18-12-15-5-8-19(9-6-15)10-7-17/h3-4,11,15,18H,5-10,12,17H2,1-2H3. The first-order chi connectivity index (χ1) is 9.19. The zero-order valence-electron chi connectivity index (χ0n) is 12.3. The number of nitrogens with one attached hydrogen (secondary N) is 1. The molecule has 1 aliphatic heterocycles. The van der Waals surface area contributed by atoms with Crippen molar-refractivity contribution < 1.29 is 0 Å². The topological polar surface area (TPSA) is 41.3 Å².